The summed E-state index contributed by atoms with van der Waals surface area (Å²) in [5.41, 5.74) is 5.91. The molecule has 2 fully saturated rings. The second-order valence-electron chi connectivity index (χ2n) is 6.88. The van der Waals surface area contributed by atoms with Crippen LogP contribution in [0.2, 0.25) is 0 Å². The summed E-state index contributed by atoms with van der Waals surface area (Å²) in [5, 5.41) is 26.6. The lowest BCUT2D eigenvalue weighted by Gasteiger charge is -2.32. The summed E-state index contributed by atoms with van der Waals surface area (Å²) in [5.74, 6) is 0.297. The third kappa shape index (κ3) is 3.62. The molecule has 0 radical (unpaired) electrons. The molecule has 8 heteroatoms. The molecule has 1 aliphatic carbocycles. The molecule has 1 saturated heterocycles. The van der Waals surface area contributed by atoms with Crippen LogP contribution < -0.4 is 16.4 Å². The van der Waals surface area contributed by atoms with Gasteiger partial charge in [0.05, 0.1) is 28.1 Å². The molecular weight excluding hydrogens is 322 g/mol. The fraction of sp³-hybridized carbons (Fsp3) is 0.529. The Balaban J connectivity index is 1.88. The van der Waals surface area contributed by atoms with Crippen LogP contribution in [0.25, 0.3) is 0 Å². The standard InChI is InChI=1S/C17H21N5O3/c18-9-12-8-13(22(24)25)3-4-14(12)17(5-6-20-10-17)21-16(23)15(19)7-11-1-2-11/h3-4,8,11,15,20H,1-2,5-7,10,19H2,(H,21,23)/t15-,17+/m0/s1. The lowest BCUT2D eigenvalue weighted by atomic mass is 9.85. The minimum atomic E-state index is -0.765. The van der Waals surface area contributed by atoms with Crippen LogP contribution in [0.3, 0.4) is 0 Å². The zero-order valence-electron chi connectivity index (χ0n) is 13.8. The van der Waals surface area contributed by atoms with Crippen molar-refractivity contribution in [3.63, 3.8) is 0 Å². The number of carbonyl (C=O) groups excluding carboxylic acids is 1. The van der Waals surface area contributed by atoms with Crippen molar-refractivity contribution in [1.82, 2.24) is 10.6 Å². The molecule has 3 rings (SSSR count). The van der Waals surface area contributed by atoms with Gasteiger partial charge in [0.25, 0.3) is 5.69 Å². The highest BCUT2D eigenvalue weighted by atomic mass is 16.6. The van der Waals surface area contributed by atoms with E-state index in [-0.39, 0.29) is 17.2 Å². The highest BCUT2D eigenvalue weighted by molar-refractivity contribution is 5.82. The van der Waals surface area contributed by atoms with Crippen LogP contribution in [0, 0.1) is 27.4 Å². The number of non-ortho nitro benzene ring substituents is 1. The Kier molecular flexibility index (Phi) is 4.70. The first kappa shape index (κ1) is 17.3. The van der Waals surface area contributed by atoms with Gasteiger partial charge in [0, 0.05) is 18.7 Å². The number of nitrogens with two attached hydrogens (primary N) is 1. The predicted molar refractivity (Wildman–Crippen MR) is 90.4 cm³/mol. The Labute approximate surface area is 145 Å². The van der Waals surface area contributed by atoms with Crippen molar-refractivity contribution in [3.8, 4) is 6.07 Å². The number of nitro benzene ring substituents is 1. The van der Waals surface area contributed by atoms with E-state index in [1.165, 1.54) is 12.1 Å². The Morgan fingerprint density at radius 2 is 2.32 bits per heavy atom. The molecule has 1 saturated carbocycles. The molecule has 1 aromatic rings. The predicted octanol–water partition coefficient (Wildman–Crippen LogP) is 0.899. The zero-order chi connectivity index (χ0) is 18.0. The molecule has 0 unspecified atom stereocenters. The first-order chi connectivity index (χ1) is 11.9. The van der Waals surface area contributed by atoms with E-state index in [9.17, 15) is 20.2 Å². The average molecular weight is 343 g/mol. The number of benzene rings is 1. The van der Waals surface area contributed by atoms with E-state index >= 15 is 0 Å². The third-order valence-electron chi connectivity index (χ3n) is 4.99. The maximum atomic E-state index is 12.6. The maximum absolute atomic E-state index is 12.6. The molecule has 1 aliphatic heterocycles. The first-order valence-electron chi connectivity index (χ1n) is 8.42. The molecule has 25 heavy (non-hydrogen) atoms. The second kappa shape index (κ2) is 6.78. The van der Waals surface area contributed by atoms with Gasteiger partial charge in [-0.05, 0) is 36.9 Å². The van der Waals surface area contributed by atoms with Gasteiger partial charge in [-0.2, -0.15) is 5.26 Å². The van der Waals surface area contributed by atoms with Crippen molar-refractivity contribution >= 4 is 11.6 Å². The van der Waals surface area contributed by atoms with Crippen molar-refractivity contribution in [2.45, 2.75) is 37.3 Å². The molecule has 1 heterocycles. The lowest BCUT2D eigenvalue weighted by molar-refractivity contribution is -0.384. The van der Waals surface area contributed by atoms with Gasteiger partial charge in [0.1, 0.15) is 0 Å². The maximum Gasteiger partial charge on any atom is 0.270 e. The van der Waals surface area contributed by atoms with Gasteiger partial charge in [-0.3, -0.25) is 14.9 Å². The van der Waals surface area contributed by atoms with E-state index < -0.39 is 16.5 Å². The number of rotatable bonds is 6. The van der Waals surface area contributed by atoms with E-state index in [2.05, 4.69) is 10.6 Å². The van der Waals surface area contributed by atoms with Crippen molar-refractivity contribution in [2.75, 3.05) is 13.1 Å². The van der Waals surface area contributed by atoms with E-state index in [1.807, 2.05) is 6.07 Å². The molecule has 2 atom stereocenters. The van der Waals surface area contributed by atoms with Crippen LogP contribution in [0.4, 0.5) is 5.69 Å². The number of nitriles is 1. The van der Waals surface area contributed by atoms with Crippen molar-refractivity contribution in [1.29, 1.82) is 5.26 Å². The molecule has 1 amide bonds. The highest BCUT2D eigenvalue weighted by Gasteiger charge is 2.40. The average Bonchev–Trinajstić information content (AvgIpc) is 3.29. The molecule has 132 valence electrons. The van der Waals surface area contributed by atoms with Gasteiger partial charge in [0.15, 0.2) is 0 Å². The number of nitrogens with zero attached hydrogens (tertiary/aromatic N) is 2. The SMILES string of the molecule is N#Cc1cc([N+](=O)[O-])ccc1[C@@]1(NC(=O)[C@@H](N)CC2CC2)CCNC1. The molecule has 8 nitrogen and oxygen atoms in total. The molecule has 0 bridgehead atoms. The molecule has 0 spiro atoms. The van der Waals surface area contributed by atoms with Crippen LogP contribution in [0.15, 0.2) is 18.2 Å². The van der Waals surface area contributed by atoms with E-state index in [0.29, 0.717) is 37.4 Å². The summed E-state index contributed by atoms with van der Waals surface area (Å²) < 4.78 is 0. The van der Waals surface area contributed by atoms with E-state index in [1.54, 1.807) is 6.07 Å². The van der Waals surface area contributed by atoms with Crippen molar-refractivity contribution in [2.24, 2.45) is 11.7 Å². The minimum Gasteiger partial charge on any atom is -0.344 e. The topological polar surface area (TPSA) is 134 Å². The third-order valence-corrected chi connectivity index (χ3v) is 4.99. The Hall–Kier alpha value is -2.50. The van der Waals surface area contributed by atoms with Crippen LogP contribution in [0.1, 0.15) is 36.8 Å². The van der Waals surface area contributed by atoms with Crippen molar-refractivity contribution < 1.29 is 9.72 Å². The number of hydrogen-bond donors (Lipinski definition) is 3. The fourth-order valence-corrected chi connectivity index (χ4v) is 3.40. The van der Waals surface area contributed by atoms with Gasteiger partial charge in [-0.15, -0.1) is 0 Å². The van der Waals surface area contributed by atoms with Gasteiger partial charge in [-0.25, -0.2) is 0 Å². The smallest absolute Gasteiger partial charge is 0.270 e. The molecule has 4 N–H and O–H groups in total. The summed E-state index contributed by atoms with van der Waals surface area (Å²) in [6, 6.07) is 5.64. The Bertz CT molecular complexity index is 732. The van der Waals surface area contributed by atoms with Crippen molar-refractivity contribution in [3.05, 3.63) is 39.4 Å². The highest BCUT2D eigenvalue weighted by Crippen LogP contribution is 2.35. The lowest BCUT2D eigenvalue weighted by Crippen LogP contribution is -2.53. The number of nitrogens with one attached hydrogen (secondary N) is 2. The van der Waals surface area contributed by atoms with Gasteiger partial charge in [0.2, 0.25) is 5.91 Å². The van der Waals surface area contributed by atoms with Crippen LogP contribution >= 0.6 is 0 Å². The van der Waals surface area contributed by atoms with E-state index in [0.717, 1.165) is 12.8 Å². The second-order valence-corrected chi connectivity index (χ2v) is 6.88. The summed E-state index contributed by atoms with van der Waals surface area (Å²) in [4.78, 5) is 23.0. The summed E-state index contributed by atoms with van der Waals surface area (Å²) in [6.45, 7) is 1.14. The monoisotopic (exact) mass is 343 g/mol. The number of hydrogen-bond acceptors (Lipinski definition) is 6. The summed E-state index contributed by atoms with van der Waals surface area (Å²) >= 11 is 0. The summed E-state index contributed by atoms with van der Waals surface area (Å²) in [7, 11) is 0. The quantitative estimate of drug-likeness (QED) is 0.519. The van der Waals surface area contributed by atoms with E-state index in [4.69, 9.17) is 5.73 Å². The molecule has 1 aromatic carbocycles. The number of amides is 1. The van der Waals surface area contributed by atoms with Crippen LogP contribution in [-0.2, 0) is 10.3 Å². The Morgan fingerprint density at radius 1 is 1.56 bits per heavy atom. The number of carbonyl (C=O) groups is 1. The van der Waals surface area contributed by atoms with Crippen LogP contribution in [-0.4, -0.2) is 30.0 Å². The normalized spacial score (nSPS) is 23.7. The Morgan fingerprint density at radius 3 is 2.88 bits per heavy atom. The van der Waals surface area contributed by atoms with Gasteiger partial charge < -0.3 is 16.4 Å². The zero-order valence-corrected chi connectivity index (χ0v) is 13.8. The largest absolute Gasteiger partial charge is 0.344 e. The molecular formula is C17H21N5O3. The molecule has 2 aliphatic rings. The number of nitro groups is 1. The molecule has 0 aromatic heterocycles. The fourth-order valence-electron chi connectivity index (χ4n) is 3.40. The first-order valence-corrected chi connectivity index (χ1v) is 8.42. The van der Waals surface area contributed by atoms with Crippen LogP contribution in [0.5, 0.6) is 0 Å². The minimum absolute atomic E-state index is 0.141. The van der Waals surface area contributed by atoms with Gasteiger partial charge >= 0.3 is 0 Å². The summed E-state index contributed by atoms with van der Waals surface area (Å²) in [6.07, 6.45) is 3.51. The van der Waals surface area contributed by atoms with Gasteiger partial charge in [-0.1, -0.05) is 12.8 Å².